The fourth-order valence-corrected chi connectivity index (χ4v) is 4.84. The van der Waals surface area contributed by atoms with Crippen LogP contribution in [0.4, 0.5) is 0 Å². The van der Waals surface area contributed by atoms with E-state index >= 15 is 0 Å². The number of hydrogen-bond acceptors (Lipinski definition) is 6. The summed E-state index contributed by atoms with van der Waals surface area (Å²) in [4.78, 5) is 50.1. The van der Waals surface area contributed by atoms with Crippen molar-refractivity contribution in [2.24, 2.45) is 0 Å². The van der Waals surface area contributed by atoms with E-state index in [-0.39, 0.29) is 23.9 Å². The SMILES string of the molecule is Cc1ncsc1CCn1c(CCN2C(=O)c3ccccc3C2=O)nc2ccccc2c1=O. The lowest BCUT2D eigenvalue weighted by molar-refractivity contribution is 0.0655. The van der Waals surface area contributed by atoms with E-state index in [0.29, 0.717) is 47.2 Å². The van der Waals surface area contributed by atoms with Crippen molar-refractivity contribution < 1.29 is 9.59 Å². The molecule has 7 nitrogen and oxygen atoms in total. The quantitative estimate of drug-likeness (QED) is 0.426. The molecular weight excluding hydrogens is 424 g/mol. The predicted molar refractivity (Wildman–Crippen MR) is 122 cm³/mol. The van der Waals surface area contributed by atoms with Gasteiger partial charge in [0, 0.05) is 30.8 Å². The summed E-state index contributed by atoms with van der Waals surface area (Å²) in [5.74, 6) is -0.0476. The van der Waals surface area contributed by atoms with Crippen LogP contribution in [0.15, 0.2) is 58.8 Å². The number of aromatic nitrogens is 3. The zero-order chi connectivity index (χ0) is 22.2. The molecule has 0 N–H and O–H groups in total. The van der Waals surface area contributed by atoms with Gasteiger partial charge in [0.1, 0.15) is 5.82 Å². The monoisotopic (exact) mass is 444 g/mol. The van der Waals surface area contributed by atoms with E-state index in [9.17, 15) is 14.4 Å². The molecule has 2 amide bonds. The number of nitrogens with zero attached hydrogens (tertiary/aromatic N) is 4. The van der Waals surface area contributed by atoms with Gasteiger partial charge in [0.05, 0.1) is 33.2 Å². The first-order chi connectivity index (χ1) is 15.5. The van der Waals surface area contributed by atoms with Crippen molar-refractivity contribution in [2.45, 2.75) is 26.3 Å². The number of hydrogen-bond donors (Lipinski definition) is 0. The van der Waals surface area contributed by atoms with E-state index in [0.717, 1.165) is 10.6 Å². The Labute approximate surface area is 188 Å². The number of thiazole rings is 1. The van der Waals surface area contributed by atoms with E-state index in [1.807, 2.05) is 19.1 Å². The van der Waals surface area contributed by atoms with Gasteiger partial charge in [0.15, 0.2) is 0 Å². The lowest BCUT2D eigenvalue weighted by atomic mass is 10.1. The Morgan fingerprint density at radius 1 is 0.875 bits per heavy atom. The molecule has 0 fully saturated rings. The Morgan fingerprint density at radius 2 is 1.56 bits per heavy atom. The Kier molecular flexibility index (Phi) is 5.14. The molecule has 2 aromatic heterocycles. The minimum absolute atomic E-state index is 0.116. The summed E-state index contributed by atoms with van der Waals surface area (Å²) in [6, 6.07) is 14.1. The van der Waals surface area contributed by atoms with Gasteiger partial charge >= 0.3 is 0 Å². The van der Waals surface area contributed by atoms with Crippen molar-refractivity contribution in [1.82, 2.24) is 19.4 Å². The summed E-state index contributed by atoms with van der Waals surface area (Å²) >= 11 is 1.57. The summed E-state index contributed by atoms with van der Waals surface area (Å²) in [5.41, 5.74) is 4.10. The van der Waals surface area contributed by atoms with Gasteiger partial charge in [-0.3, -0.25) is 23.9 Å². The third kappa shape index (κ3) is 3.42. The van der Waals surface area contributed by atoms with Crippen molar-refractivity contribution in [1.29, 1.82) is 0 Å². The van der Waals surface area contributed by atoms with Gasteiger partial charge in [-0.25, -0.2) is 9.97 Å². The molecule has 0 saturated carbocycles. The van der Waals surface area contributed by atoms with Gasteiger partial charge in [0.2, 0.25) is 0 Å². The Hall–Kier alpha value is -3.65. The van der Waals surface area contributed by atoms with Gasteiger partial charge < -0.3 is 0 Å². The maximum atomic E-state index is 13.3. The Bertz CT molecular complexity index is 1390. The van der Waals surface area contributed by atoms with E-state index in [2.05, 4.69) is 4.98 Å². The van der Waals surface area contributed by atoms with Crippen molar-refractivity contribution >= 4 is 34.1 Å². The number of para-hydroxylation sites is 1. The van der Waals surface area contributed by atoms with Crippen LogP contribution in [0.25, 0.3) is 10.9 Å². The van der Waals surface area contributed by atoms with Crippen LogP contribution in [-0.2, 0) is 19.4 Å². The molecule has 0 unspecified atom stereocenters. The summed E-state index contributed by atoms with van der Waals surface area (Å²) in [6.07, 6.45) is 0.962. The number of carbonyl (C=O) groups is 2. The summed E-state index contributed by atoms with van der Waals surface area (Å²) < 4.78 is 1.67. The highest BCUT2D eigenvalue weighted by Gasteiger charge is 2.34. The first kappa shape index (κ1) is 20.3. The molecule has 8 heteroatoms. The summed E-state index contributed by atoms with van der Waals surface area (Å²) in [5, 5.41) is 0.554. The van der Waals surface area contributed by atoms with Crippen LogP contribution in [0, 0.1) is 6.92 Å². The summed E-state index contributed by atoms with van der Waals surface area (Å²) in [6.45, 7) is 2.57. The van der Waals surface area contributed by atoms with Crippen molar-refractivity contribution in [3.63, 3.8) is 0 Å². The zero-order valence-electron chi connectivity index (χ0n) is 17.4. The highest BCUT2D eigenvalue weighted by Crippen LogP contribution is 2.23. The molecule has 0 radical (unpaired) electrons. The molecule has 2 aromatic carbocycles. The number of imide groups is 1. The average Bonchev–Trinajstić information content (AvgIpc) is 3.32. The predicted octanol–water partition coefficient (Wildman–Crippen LogP) is 3.24. The van der Waals surface area contributed by atoms with Crippen molar-refractivity contribution in [3.8, 4) is 0 Å². The van der Waals surface area contributed by atoms with Gasteiger partial charge in [-0.2, -0.15) is 0 Å². The highest BCUT2D eigenvalue weighted by molar-refractivity contribution is 7.09. The third-order valence-corrected chi connectivity index (χ3v) is 6.78. The molecule has 4 aromatic rings. The number of amides is 2. The first-order valence-corrected chi connectivity index (χ1v) is 11.2. The van der Waals surface area contributed by atoms with Crippen LogP contribution in [0.1, 0.15) is 37.1 Å². The molecule has 0 saturated heterocycles. The van der Waals surface area contributed by atoms with E-state index in [4.69, 9.17) is 4.98 Å². The van der Waals surface area contributed by atoms with E-state index < -0.39 is 0 Å². The lowest BCUT2D eigenvalue weighted by Crippen LogP contribution is -2.34. The van der Waals surface area contributed by atoms with Crippen molar-refractivity contribution in [3.05, 3.63) is 91.9 Å². The topological polar surface area (TPSA) is 85.2 Å². The molecule has 0 spiro atoms. The lowest BCUT2D eigenvalue weighted by Gasteiger charge is -2.17. The molecule has 0 bridgehead atoms. The molecule has 0 atom stereocenters. The van der Waals surface area contributed by atoms with Gasteiger partial charge in [0.25, 0.3) is 17.4 Å². The molecule has 1 aliphatic rings. The third-order valence-electron chi connectivity index (χ3n) is 5.79. The van der Waals surface area contributed by atoms with Gasteiger partial charge in [-0.05, 0) is 31.2 Å². The minimum Gasteiger partial charge on any atom is -0.296 e. The highest BCUT2D eigenvalue weighted by atomic mass is 32.1. The summed E-state index contributed by atoms with van der Waals surface area (Å²) in [7, 11) is 0. The molecule has 160 valence electrons. The van der Waals surface area contributed by atoms with Crippen LogP contribution in [0.3, 0.4) is 0 Å². The van der Waals surface area contributed by atoms with Crippen LogP contribution in [0.2, 0.25) is 0 Å². The normalized spacial score (nSPS) is 13.2. The smallest absolute Gasteiger partial charge is 0.261 e. The van der Waals surface area contributed by atoms with Gasteiger partial charge in [-0.1, -0.05) is 24.3 Å². The fraction of sp³-hybridized carbons (Fsp3) is 0.208. The fourth-order valence-electron chi connectivity index (χ4n) is 4.07. The second kappa shape index (κ2) is 8.12. The Morgan fingerprint density at radius 3 is 2.25 bits per heavy atom. The average molecular weight is 445 g/mol. The number of rotatable bonds is 6. The molecule has 5 rings (SSSR count). The van der Waals surface area contributed by atoms with Crippen LogP contribution in [-0.4, -0.2) is 37.8 Å². The second-order valence-electron chi connectivity index (χ2n) is 7.67. The number of carbonyl (C=O) groups excluding carboxylic acids is 2. The minimum atomic E-state index is -0.305. The Balaban J connectivity index is 1.46. The molecular formula is C24H20N4O3S. The van der Waals surface area contributed by atoms with Crippen LogP contribution < -0.4 is 5.56 Å². The van der Waals surface area contributed by atoms with Crippen molar-refractivity contribution in [2.75, 3.05) is 6.54 Å². The number of benzene rings is 2. The number of fused-ring (bicyclic) bond motifs is 2. The zero-order valence-corrected chi connectivity index (χ0v) is 18.3. The number of aryl methyl sites for hydroxylation is 2. The molecule has 1 aliphatic heterocycles. The molecule has 0 aliphatic carbocycles. The van der Waals surface area contributed by atoms with E-state index in [1.165, 1.54) is 4.90 Å². The maximum absolute atomic E-state index is 13.3. The molecule has 3 heterocycles. The van der Waals surface area contributed by atoms with Gasteiger partial charge in [-0.15, -0.1) is 11.3 Å². The standard InChI is InChI=1S/C24H20N4O3S/c1-15-20(32-14-25-15)10-12-27-21(26-19-9-5-4-8-18(19)24(27)31)11-13-28-22(29)16-6-2-3-7-17(16)23(28)30/h2-9,14H,10-13H2,1H3. The van der Waals surface area contributed by atoms with Crippen LogP contribution >= 0.6 is 11.3 Å². The van der Waals surface area contributed by atoms with E-state index in [1.54, 1.807) is 57.8 Å². The molecule has 32 heavy (non-hydrogen) atoms. The second-order valence-corrected chi connectivity index (χ2v) is 8.61. The first-order valence-electron chi connectivity index (χ1n) is 10.4. The maximum Gasteiger partial charge on any atom is 0.261 e. The largest absolute Gasteiger partial charge is 0.296 e. The van der Waals surface area contributed by atoms with Crippen LogP contribution in [0.5, 0.6) is 0 Å².